The molecule has 2 amide bonds. The zero-order chi connectivity index (χ0) is 31.2. The van der Waals surface area contributed by atoms with Gasteiger partial charge in [-0.15, -0.1) is 0 Å². The molecule has 2 aromatic carbocycles. The number of rotatable bonds is 15. The first-order valence-electron chi connectivity index (χ1n) is 14.2. The molecule has 10 nitrogen and oxygen atoms in total. The van der Waals surface area contributed by atoms with Gasteiger partial charge in [0.05, 0.1) is 24.7 Å². The number of aliphatic hydroxyl groups is 2. The molecule has 1 fully saturated rings. The number of carbonyl (C=O) groups excluding carboxylic acids is 2. The van der Waals surface area contributed by atoms with E-state index >= 15 is 0 Å². The standard InChI is InChI=1S/C30H42BrN3O7S/c1-5-6-11-27(36)30(23-14-15-23,34(20(2)3)42(39,40)24-16-12-21(19-35)13-17-24)33(29(38)41-4)26(28(32)37)18-22-9-7-8-10-25(22)31/h7-10,12-13,16-17,20,23,26-27,35-36H,5-6,11,14-15,18-19H2,1-4H3,(H2,32,37)/t26?,27-,30+/m0/s1. The van der Waals surface area contributed by atoms with Crippen LogP contribution in [0, 0.1) is 5.92 Å². The Morgan fingerprint density at radius 2 is 1.76 bits per heavy atom. The summed E-state index contributed by atoms with van der Waals surface area (Å²) in [7, 11) is -3.25. The van der Waals surface area contributed by atoms with E-state index in [2.05, 4.69) is 15.9 Å². The number of hydrogen-bond acceptors (Lipinski definition) is 7. The normalized spacial score (nSPS) is 16.6. The van der Waals surface area contributed by atoms with Gasteiger partial charge in [0, 0.05) is 16.9 Å². The van der Waals surface area contributed by atoms with Crippen molar-refractivity contribution in [1.82, 2.24) is 9.21 Å². The molecule has 42 heavy (non-hydrogen) atoms. The van der Waals surface area contributed by atoms with Crippen LogP contribution in [0.15, 0.2) is 57.9 Å². The van der Waals surface area contributed by atoms with Gasteiger partial charge in [0.25, 0.3) is 0 Å². The van der Waals surface area contributed by atoms with Gasteiger partial charge in [-0.1, -0.05) is 66.0 Å². The fourth-order valence-electron chi connectivity index (χ4n) is 5.76. The summed E-state index contributed by atoms with van der Waals surface area (Å²) in [6, 6.07) is 10.8. The van der Waals surface area contributed by atoms with Crippen LogP contribution in [0.5, 0.6) is 0 Å². The minimum atomic E-state index is -4.40. The second kappa shape index (κ2) is 14.3. The number of hydrogen-bond donors (Lipinski definition) is 3. The van der Waals surface area contributed by atoms with Gasteiger partial charge in [-0.2, -0.15) is 4.31 Å². The molecule has 0 spiro atoms. The molecule has 12 heteroatoms. The second-order valence-electron chi connectivity index (χ2n) is 11.0. The van der Waals surface area contributed by atoms with E-state index in [-0.39, 0.29) is 24.3 Å². The lowest BCUT2D eigenvalue weighted by atomic mass is 9.87. The molecule has 2 aromatic rings. The van der Waals surface area contributed by atoms with Gasteiger partial charge in [0.15, 0.2) is 0 Å². The summed E-state index contributed by atoms with van der Waals surface area (Å²) >= 11 is 3.50. The van der Waals surface area contributed by atoms with Gasteiger partial charge in [0.1, 0.15) is 11.7 Å². The number of primary amides is 1. The fourth-order valence-corrected chi connectivity index (χ4v) is 8.21. The first-order chi connectivity index (χ1) is 19.9. The van der Waals surface area contributed by atoms with Crippen LogP contribution in [0.1, 0.15) is 64.0 Å². The Hall–Kier alpha value is -2.51. The molecule has 3 rings (SSSR count). The number of carbonyl (C=O) groups is 2. The predicted octanol–water partition coefficient (Wildman–Crippen LogP) is 4.16. The van der Waals surface area contributed by atoms with E-state index in [1.165, 1.54) is 28.6 Å². The Kier molecular flexibility index (Phi) is 11.6. The van der Waals surface area contributed by atoms with Crippen LogP contribution in [0.4, 0.5) is 4.79 Å². The molecule has 4 N–H and O–H groups in total. The highest BCUT2D eigenvalue weighted by Crippen LogP contribution is 2.52. The highest BCUT2D eigenvalue weighted by atomic mass is 79.9. The van der Waals surface area contributed by atoms with Crippen molar-refractivity contribution in [3.63, 3.8) is 0 Å². The van der Waals surface area contributed by atoms with Gasteiger partial charge in [-0.25, -0.2) is 13.2 Å². The first kappa shape index (κ1) is 34.0. The topological polar surface area (TPSA) is 150 Å². The largest absolute Gasteiger partial charge is 0.453 e. The van der Waals surface area contributed by atoms with Crippen LogP contribution >= 0.6 is 15.9 Å². The molecular formula is C30H42BrN3O7S. The minimum absolute atomic E-state index is 0.0436. The van der Waals surface area contributed by atoms with Crippen LogP contribution in [-0.2, 0) is 32.6 Å². The van der Waals surface area contributed by atoms with Gasteiger partial charge < -0.3 is 20.7 Å². The van der Waals surface area contributed by atoms with E-state index in [1.807, 2.05) is 13.0 Å². The maximum atomic E-state index is 14.6. The summed E-state index contributed by atoms with van der Waals surface area (Å²) in [6.45, 7) is 5.03. The summed E-state index contributed by atoms with van der Waals surface area (Å²) in [5.74, 6) is -1.37. The molecule has 0 bridgehead atoms. The SMILES string of the molecule is CCCC[C@H](O)[C@](C1CC1)(N(C(=O)OC)C(Cc1ccccc1Br)C(N)=O)N(C(C)C)S(=O)(=O)c1ccc(CO)cc1. The van der Waals surface area contributed by atoms with E-state index in [4.69, 9.17) is 10.5 Å². The Morgan fingerprint density at radius 3 is 2.24 bits per heavy atom. The number of aliphatic hydroxyl groups excluding tert-OH is 2. The maximum absolute atomic E-state index is 14.6. The average Bonchev–Trinajstić information content (AvgIpc) is 3.81. The third-order valence-corrected chi connectivity index (χ3v) is 10.6. The number of unbranched alkanes of at least 4 members (excludes halogenated alkanes) is 1. The van der Waals surface area contributed by atoms with Crippen molar-refractivity contribution in [2.24, 2.45) is 11.7 Å². The van der Waals surface area contributed by atoms with Crippen molar-refractivity contribution >= 4 is 38.0 Å². The van der Waals surface area contributed by atoms with E-state index in [9.17, 15) is 28.2 Å². The Morgan fingerprint density at radius 1 is 1.14 bits per heavy atom. The summed E-state index contributed by atoms with van der Waals surface area (Å²) in [5.41, 5.74) is 5.30. The molecular weight excluding hydrogens is 626 g/mol. The van der Waals surface area contributed by atoms with Crippen molar-refractivity contribution in [2.75, 3.05) is 7.11 Å². The van der Waals surface area contributed by atoms with E-state index < -0.39 is 51.8 Å². The van der Waals surface area contributed by atoms with Crippen molar-refractivity contribution in [3.8, 4) is 0 Å². The molecule has 1 aliphatic carbocycles. The Balaban J connectivity index is 2.38. The highest BCUT2D eigenvalue weighted by molar-refractivity contribution is 9.10. The third kappa shape index (κ3) is 6.83. The number of nitrogens with two attached hydrogens (primary N) is 1. The zero-order valence-corrected chi connectivity index (χ0v) is 27.0. The van der Waals surface area contributed by atoms with Gasteiger partial charge >= 0.3 is 6.09 Å². The fraction of sp³-hybridized carbons (Fsp3) is 0.533. The Labute approximate surface area is 257 Å². The molecule has 0 aliphatic heterocycles. The maximum Gasteiger partial charge on any atom is 0.411 e. The predicted molar refractivity (Wildman–Crippen MR) is 163 cm³/mol. The number of nitrogens with zero attached hydrogens (tertiary/aromatic N) is 2. The summed E-state index contributed by atoms with van der Waals surface area (Å²) in [5, 5.41) is 21.6. The number of sulfonamides is 1. The monoisotopic (exact) mass is 667 g/mol. The van der Waals surface area contributed by atoms with Crippen molar-refractivity contribution < 1.29 is 33.0 Å². The van der Waals surface area contributed by atoms with E-state index in [0.717, 1.165) is 12.0 Å². The van der Waals surface area contributed by atoms with Gasteiger partial charge in [-0.05, 0) is 68.4 Å². The molecule has 0 saturated heterocycles. The van der Waals surface area contributed by atoms with Crippen LogP contribution in [-0.4, -0.2) is 70.8 Å². The van der Waals surface area contributed by atoms with Gasteiger partial charge in [0.2, 0.25) is 15.9 Å². The smallest absolute Gasteiger partial charge is 0.411 e. The molecule has 1 aliphatic rings. The molecule has 3 atom stereocenters. The number of benzene rings is 2. The minimum Gasteiger partial charge on any atom is -0.453 e. The quantitative estimate of drug-likeness (QED) is 0.241. The van der Waals surface area contributed by atoms with E-state index in [1.54, 1.807) is 32.0 Å². The molecule has 0 aromatic heterocycles. The van der Waals surface area contributed by atoms with Crippen LogP contribution in [0.25, 0.3) is 0 Å². The molecule has 0 radical (unpaired) electrons. The number of amides is 2. The third-order valence-electron chi connectivity index (χ3n) is 7.75. The molecule has 1 saturated carbocycles. The van der Waals surface area contributed by atoms with E-state index in [0.29, 0.717) is 41.3 Å². The van der Waals surface area contributed by atoms with Crippen molar-refractivity contribution in [3.05, 3.63) is 64.1 Å². The van der Waals surface area contributed by atoms with Crippen LogP contribution in [0.3, 0.4) is 0 Å². The first-order valence-corrected chi connectivity index (χ1v) is 16.4. The lowest BCUT2D eigenvalue weighted by molar-refractivity contribution is -0.147. The number of halogens is 1. The number of methoxy groups -OCH3 is 1. The molecule has 0 heterocycles. The van der Waals surface area contributed by atoms with Crippen molar-refractivity contribution in [2.45, 2.75) is 94.6 Å². The lowest BCUT2D eigenvalue weighted by Gasteiger charge is -2.55. The summed E-state index contributed by atoms with van der Waals surface area (Å²) in [4.78, 5) is 28.2. The molecule has 232 valence electrons. The highest BCUT2D eigenvalue weighted by Gasteiger charge is 2.65. The van der Waals surface area contributed by atoms with Crippen LogP contribution < -0.4 is 5.73 Å². The number of ether oxygens (including phenoxy) is 1. The average molecular weight is 669 g/mol. The second-order valence-corrected chi connectivity index (χ2v) is 13.6. The zero-order valence-electron chi connectivity index (χ0n) is 24.6. The molecule has 1 unspecified atom stereocenters. The Bertz CT molecular complexity index is 1330. The van der Waals surface area contributed by atoms with Crippen LogP contribution in [0.2, 0.25) is 0 Å². The summed E-state index contributed by atoms with van der Waals surface area (Å²) < 4.78 is 36.3. The van der Waals surface area contributed by atoms with Gasteiger partial charge in [-0.3, -0.25) is 9.69 Å². The van der Waals surface area contributed by atoms with Crippen molar-refractivity contribution in [1.29, 1.82) is 0 Å². The lowest BCUT2D eigenvalue weighted by Crippen LogP contribution is -2.75. The summed E-state index contributed by atoms with van der Waals surface area (Å²) in [6.07, 6.45) is 0.0695.